The van der Waals surface area contributed by atoms with Gasteiger partial charge in [-0.05, 0) is 25.5 Å². The largest absolute Gasteiger partial charge is 0.348 e. The van der Waals surface area contributed by atoms with Gasteiger partial charge < -0.3 is 9.47 Å². The number of hydrogen-bond acceptors (Lipinski definition) is 2. The smallest absolute Gasteiger partial charge is 0.185 e. The summed E-state index contributed by atoms with van der Waals surface area (Å²) < 4.78 is 11.1. The van der Waals surface area contributed by atoms with Gasteiger partial charge in [-0.15, -0.1) is 0 Å². The molecule has 0 radical (unpaired) electrons. The summed E-state index contributed by atoms with van der Waals surface area (Å²) in [5.74, 6) is 0. The third-order valence-electron chi connectivity index (χ3n) is 2.37. The van der Waals surface area contributed by atoms with Crippen molar-refractivity contribution in [2.45, 2.75) is 25.7 Å². The summed E-state index contributed by atoms with van der Waals surface area (Å²) in [4.78, 5) is 0. The molecule has 0 N–H and O–H groups in total. The van der Waals surface area contributed by atoms with Crippen molar-refractivity contribution in [2.24, 2.45) is 0 Å². The van der Waals surface area contributed by atoms with Gasteiger partial charge in [0.1, 0.15) is 0 Å². The zero-order chi connectivity index (χ0) is 10.8. The van der Waals surface area contributed by atoms with Crippen LogP contribution in [0.15, 0.2) is 18.2 Å². The maximum absolute atomic E-state index is 6.07. The van der Waals surface area contributed by atoms with Gasteiger partial charge in [0.05, 0.1) is 17.7 Å². The molecule has 1 aliphatic rings. The molecule has 0 unspecified atom stereocenters. The number of benzene rings is 1. The molecule has 0 aliphatic carbocycles. The lowest BCUT2D eigenvalue weighted by Crippen LogP contribution is -2.24. The molecule has 82 valence electrons. The predicted octanol–water partition coefficient (Wildman–Crippen LogP) is 3.82. The maximum atomic E-state index is 6.07. The lowest BCUT2D eigenvalue weighted by atomic mass is 10.2. The fourth-order valence-corrected chi connectivity index (χ4v) is 2.01. The SMILES string of the molecule is C[C@H]1CCO[C@@H](c2ccc(Cl)cc2Cl)O1. The molecule has 2 rings (SSSR count). The van der Waals surface area contributed by atoms with E-state index in [-0.39, 0.29) is 12.4 Å². The molecule has 1 saturated heterocycles. The van der Waals surface area contributed by atoms with Gasteiger partial charge in [-0.2, -0.15) is 0 Å². The molecule has 4 heteroatoms. The average Bonchev–Trinajstić information content (AvgIpc) is 2.17. The van der Waals surface area contributed by atoms with Crippen LogP contribution in [0.25, 0.3) is 0 Å². The van der Waals surface area contributed by atoms with E-state index in [4.69, 9.17) is 32.7 Å². The molecule has 0 bridgehead atoms. The molecule has 2 nitrogen and oxygen atoms in total. The van der Waals surface area contributed by atoms with E-state index in [9.17, 15) is 0 Å². The summed E-state index contributed by atoms with van der Waals surface area (Å²) in [7, 11) is 0. The minimum absolute atomic E-state index is 0.204. The number of ether oxygens (including phenoxy) is 2. The predicted molar refractivity (Wildman–Crippen MR) is 60.3 cm³/mol. The lowest BCUT2D eigenvalue weighted by Gasteiger charge is -2.28. The Balaban J connectivity index is 2.21. The molecular weight excluding hydrogens is 235 g/mol. The third kappa shape index (κ3) is 2.64. The summed E-state index contributed by atoms with van der Waals surface area (Å²) in [5, 5.41) is 1.20. The van der Waals surface area contributed by atoms with E-state index >= 15 is 0 Å². The minimum Gasteiger partial charge on any atom is -0.348 e. The molecule has 1 fully saturated rings. The molecule has 1 heterocycles. The van der Waals surface area contributed by atoms with Crippen molar-refractivity contribution in [3.05, 3.63) is 33.8 Å². The third-order valence-corrected chi connectivity index (χ3v) is 2.93. The molecule has 0 spiro atoms. The summed E-state index contributed by atoms with van der Waals surface area (Å²) in [6, 6.07) is 5.33. The summed E-state index contributed by atoms with van der Waals surface area (Å²) in [6.45, 7) is 2.73. The second kappa shape index (κ2) is 4.71. The number of hydrogen-bond donors (Lipinski definition) is 0. The Hall–Kier alpha value is -0.280. The summed E-state index contributed by atoms with van der Waals surface area (Å²) in [5.41, 5.74) is 0.840. The summed E-state index contributed by atoms with van der Waals surface area (Å²) >= 11 is 11.9. The fraction of sp³-hybridized carbons (Fsp3) is 0.455. The van der Waals surface area contributed by atoms with Gasteiger partial charge >= 0.3 is 0 Å². The first-order chi connectivity index (χ1) is 7.16. The highest BCUT2D eigenvalue weighted by atomic mass is 35.5. The van der Waals surface area contributed by atoms with Gasteiger partial charge in [0.15, 0.2) is 6.29 Å². The Morgan fingerprint density at radius 2 is 2.13 bits per heavy atom. The Morgan fingerprint density at radius 1 is 1.33 bits per heavy atom. The Labute approximate surface area is 99.1 Å². The van der Waals surface area contributed by atoms with Crippen molar-refractivity contribution < 1.29 is 9.47 Å². The molecule has 1 aromatic carbocycles. The minimum atomic E-state index is -0.362. The zero-order valence-electron chi connectivity index (χ0n) is 8.37. The van der Waals surface area contributed by atoms with Crippen LogP contribution in [0, 0.1) is 0 Å². The van der Waals surface area contributed by atoms with Crippen LogP contribution in [0.4, 0.5) is 0 Å². The highest BCUT2D eigenvalue weighted by molar-refractivity contribution is 6.35. The van der Waals surface area contributed by atoms with Gasteiger partial charge in [0.2, 0.25) is 0 Å². The average molecular weight is 247 g/mol. The van der Waals surface area contributed by atoms with Gasteiger partial charge in [-0.25, -0.2) is 0 Å². The van der Waals surface area contributed by atoms with Crippen LogP contribution in [0.2, 0.25) is 10.0 Å². The van der Waals surface area contributed by atoms with Crippen LogP contribution in [0.5, 0.6) is 0 Å². The van der Waals surface area contributed by atoms with Gasteiger partial charge in [0, 0.05) is 10.6 Å². The van der Waals surface area contributed by atoms with Crippen LogP contribution in [0.3, 0.4) is 0 Å². The van der Waals surface area contributed by atoms with E-state index in [2.05, 4.69) is 0 Å². The Kier molecular flexibility index (Phi) is 3.52. The molecular formula is C11H12Cl2O2. The second-order valence-electron chi connectivity index (χ2n) is 3.60. The van der Waals surface area contributed by atoms with Gasteiger partial charge in [-0.3, -0.25) is 0 Å². The monoisotopic (exact) mass is 246 g/mol. The van der Waals surface area contributed by atoms with Crippen molar-refractivity contribution in [3.63, 3.8) is 0 Å². The molecule has 2 atom stereocenters. The van der Waals surface area contributed by atoms with Crippen LogP contribution in [0.1, 0.15) is 25.2 Å². The van der Waals surface area contributed by atoms with Crippen molar-refractivity contribution in [1.29, 1.82) is 0 Å². The fourth-order valence-electron chi connectivity index (χ4n) is 1.52. The van der Waals surface area contributed by atoms with Crippen LogP contribution < -0.4 is 0 Å². The molecule has 0 saturated carbocycles. The van der Waals surface area contributed by atoms with Crippen LogP contribution >= 0.6 is 23.2 Å². The maximum Gasteiger partial charge on any atom is 0.185 e. The van der Waals surface area contributed by atoms with Crippen molar-refractivity contribution in [1.82, 2.24) is 0 Å². The van der Waals surface area contributed by atoms with E-state index in [1.807, 2.05) is 13.0 Å². The van der Waals surface area contributed by atoms with Crippen molar-refractivity contribution in [2.75, 3.05) is 6.61 Å². The zero-order valence-corrected chi connectivity index (χ0v) is 9.89. The molecule has 1 aromatic rings. The van der Waals surface area contributed by atoms with Crippen LogP contribution in [-0.2, 0) is 9.47 Å². The topological polar surface area (TPSA) is 18.5 Å². The number of rotatable bonds is 1. The normalized spacial score (nSPS) is 26.6. The van der Waals surface area contributed by atoms with Gasteiger partial charge in [-0.1, -0.05) is 29.3 Å². The second-order valence-corrected chi connectivity index (χ2v) is 4.45. The standard InChI is InChI=1S/C11H12Cl2O2/c1-7-4-5-14-11(15-7)9-3-2-8(12)6-10(9)13/h2-3,6-7,11H,4-5H2,1H3/t7-,11+/m0/s1. The van der Waals surface area contributed by atoms with E-state index in [1.165, 1.54) is 0 Å². The lowest BCUT2D eigenvalue weighted by molar-refractivity contribution is -0.212. The molecule has 15 heavy (non-hydrogen) atoms. The molecule has 0 amide bonds. The van der Waals surface area contributed by atoms with Crippen molar-refractivity contribution >= 4 is 23.2 Å². The van der Waals surface area contributed by atoms with Crippen molar-refractivity contribution in [3.8, 4) is 0 Å². The Morgan fingerprint density at radius 3 is 2.80 bits per heavy atom. The first kappa shape index (κ1) is 11.2. The number of halogens is 2. The van der Waals surface area contributed by atoms with Gasteiger partial charge in [0.25, 0.3) is 0 Å². The highest BCUT2D eigenvalue weighted by Gasteiger charge is 2.23. The Bertz CT molecular complexity index is 354. The van der Waals surface area contributed by atoms with Crippen LogP contribution in [-0.4, -0.2) is 12.7 Å². The first-order valence-corrected chi connectivity index (χ1v) is 5.64. The highest BCUT2D eigenvalue weighted by Crippen LogP contribution is 2.32. The van der Waals surface area contributed by atoms with E-state index in [0.29, 0.717) is 16.7 Å². The molecule has 1 aliphatic heterocycles. The molecule has 0 aromatic heterocycles. The summed E-state index contributed by atoms with van der Waals surface area (Å²) in [6.07, 6.45) is 0.760. The van der Waals surface area contributed by atoms with E-state index < -0.39 is 0 Å². The van der Waals surface area contributed by atoms with E-state index in [1.54, 1.807) is 12.1 Å². The van der Waals surface area contributed by atoms with E-state index in [0.717, 1.165) is 12.0 Å². The first-order valence-electron chi connectivity index (χ1n) is 4.89. The quantitative estimate of drug-likeness (QED) is 0.751.